The Kier molecular flexibility index (Phi) is 6.04. The second-order valence-electron chi connectivity index (χ2n) is 3.97. The summed E-state index contributed by atoms with van der Waals surface area (Å²) in [6, 6.07) is 9.73. The molecular weight excluding hydrogens is 214 g/mol. The summed E-state index contributed by atoms with van der Waals surface area (Å²) in [4.78, 5) is 11.3. The van der Waals surface area contributed by atoms with Crippen LogP contribution in [0.25, 0.3) is 0 Å². The highest BCUT2D eigenvalue weighted by molar-refractivity contribution is 5.75. The maximum atomic E-state index is 11.3. The van der Waals surface area contributed by atoms with Gasteiger partial charge >= 0.3 is 0 Å². The van der Waals surface area contributed by atoms with Gasteiger partial charge in [0.05, 0.1) is 6.10 Å². The SMILES string of the molecule is C=CCCC(=O)NC[C@@H](O)Cc1ccccc1. The summed E-state index contributed by atoms with van der Waals surface area (Å²) in [5.74, 6) is -0.0444. The number of hydrogen-bond donors (Lipinski definition) is 2. The molecule has 0 spiro atoms. The highest BCUT2D eigenvalue weighted by atomic mass is 16.3. The monoisotopic (exact) mass is 233 g/mol. The summed E-state index contributed by atoms with van der Waals surface area (Å²) in [5, 5.41) is 12.4. The summed E-state index contributed by atoms with van der Waals surface area (Å²) < 4.78 is 0. The summed E-state index contributed by atoms with van der Waals surface area (Å²) in [6.45, 7) is 3.85. The van der Waals surface area contributed by atoms with Gasteiger partial charge in [0.2, 0.25) is 5.91 Å². The van der Waals surface area contributed by atoms with E-state index in [1.807, 2.05) is 30.3 Å². The molecule has 1 aromatic rings. The fraction of sp³-hybridized carbons (Fsp3) is 0.357. The van der Waals surface area contributed by atoms with Crippen molar-refractivity contribution in [3.8, 4) is 0 Å². The average molecular weight is 233 g/mol. The van der Waals surface area contributed by atoms with Crippen LogP contribution < -0.4 is 5.32 Å². The molecule has 0 aromatic heterocycles. The Hall–Kier alpha value is -1.61. The van der Waals surface area contributed by atoms with Gasteiger partial charge in [-0.3, -0.25) is 4.79 Å². The molecular formula is C14H19NO2. The number of amides is 1. The minimum Gasteiger partial charge on any atom is -0.391 e. The largest absolute Gasteiger partial charge is 0.391 e. The Morgan fingerprint density at radius 3 is 2.76 bits per heavy atom. The number of benzene rings is 1. The number of carbonyl (C=O) groups excluding carboxylic acids is 1. The molecule has 0 aliphatic heterocycles. The first-order chi connectivity index (χ1) is 8.22. The van der Waals surface area contributed by atoms with E-state index in [0.29, 0.717) is 25.8 Å². The molecule has 0 radical (unpaired) electrons. The van der Waals surface area contributed by atoms with Crippen LogP contribution >= 0.6 is 0 Å². The molecule has 0 aliphatic rings. The first-order valence-corrected chi connectivity index (χ1v) is 5.82. The normalized spacial score (nSPS) is 11.8. The summed E-state index contributed by atoms with van der Waals surface area (Å²) in [6.07, 6.45) is 2.83. The Labute approximate surface area is 102 Å². The van der Waals surface area contributed by atoms with E-state index in [9.17, 15) is 9.90 Å². The summed E-state index contributed by atoms with van der Waals surface area (Å²) in [5.41, 5.74) is 1.07. The zero-order valence-corrected chi connectivity index (χ0v) is 9.93. The lowest BCUT2D eigenvalue weighted by molar-refractivity contribution is -0.121. The zero-order valence-electron chi connectivity index (χ0n) is 9.93. The van der Waals surface area contributed by atoms with E-state index in [0.717, 1.165) is 5.56 Å². The van der Waals surface area contributed by atoms with Crippen LogP contribution in [-0.4, -0.2) is 23.7 Å². The van der Waals surface area contributed by atoms with Crippen LogP contribution in [0.15, 0.2) is 43.0 Å². The predicted octanol–water partition coefficient (Wildman–Crippen LogP) is 1.67. The zero-order chi connectivity index (χ0) is 12.5. The van der Waals surface area contributed by atoms with E-state index in [2.05, 4.69) is 11.9 Å². The first kappa shape index (κ1) is 13.5. The number of rotatable bonds is 7. The van der Waals surface area contributed by atoms with E-state index >= 15 is 0 Å². The van der Waals surface area contributed by atoms with Crippen molar-refractivity contribution < 1.29 is 9.90 Å². The molecule has 1 aromatic carbocycles. The molecule has 3 heteroatoms. The van der Waals surface area contributed by atoms with Gasteiger partial charge in [0.1, 0.15) is 0 Å². The van der Waals surface area contributed by atoms with Gasteiger partial charge in [-0.2, -0.15) is 0 Å². The number of hydrogen-bond acceptors (Lipinski definition) is 2. The average Bonchev–Trinajstić information content (AvgIpc) is 2.35. The Balaban J connectivity index is 2.23. The van der Waals surface area contributed by atoms with Crippen LogP contribution in [0.3, 0.4) is 0 Å². The second kappa shape index (κ2) is 7.63. The maximum Gasteiger partial charge on any atom is 0.220 e. The molecule has 2 N–H and O–H groups in total. The number of aliphatic hydroxyl groups excluding tert-OH is 1. The first-order valence-electron chi connectivity index (χ1n) is 5.82. The minimum atomic E-state index is -0.537. The topological polar surface area (TPSA) is 49.3 Å². The van der Waals surface area contributed by atoms with Crippen LogP contribution in [0, 0.1) is 0 Å². The summed E-state index contributed by atoms with van der Waals surface area (Å²) in [7, 11) is 0. The molecule has 0 aliphatic carbocycles. The third-order valence-electron chi connectivity index (χ3n) is 2.42. The molecule has 1 rings (SSSR count). The number of allylic oxidation sites excluding steroid dienone is 1. The van der Waals surface area contributed by atoms with Crippen LogP contribution in [0.4, 0.5) is 0 Å². The lowest BCUT2D eigenvalue weighted by Gasteiger charge is -2.11. The van der Waals surface area contributed by atoms with Gasteiger partial charge in [0.15, 0.2) is 0 Å². The Morgan fingerprint density at radius 2 is 2.12 bits per heavy atom. The van der Waals surface area contributed by atoms with E-state index in [1.54, 1.807) is 6.08 Å². The van der Waals surface area contributed by atoms with E-state index < -0.39 is 6.10 Å². The van der Waals surface area contributed by atoms with Gasteiger partial charge in [-0.1, -0.05) is 36.4 Å². The van der Waals surface area contributed by atoms with Crippen LogP contribution in [-0.2, 0) is 11.2 Å². The maximum absolute atomic E-state index is 11.3. The molecule has 17 heavy (non-hydrogen) atoms. The van der Waals surface area contributed by atoms with Gasteiger partial charge in [-0.05, 0) is 12.0 Å². The van der Waals surface area contributed by atoms with E-state index in [4.69, 9.17) is 0 Å². The van der Waals surface area contributed by atoms with E-state index in [1.165, 1.54) is 0 Å². The van der Waals surface area contributed by atoms with Gasteiger partial charge in [-0.25, -0.2) is 0 Å². The Morgan fingerprint density at radius 1 is 1.41 bits per heavy atom. The van der Waals surface area contributed by atoms with Crippen molar-refractivity contribution in [2.75, 3.05) is 6.54 Å². The summed E-state index contributed by atoms with van der Waals surface area (Å²) >= 11 is 0. The third kappa shape index (κ3) is 5.88. The van der Waals surface area contributed by atoms with Crippen molar-refractivity contribution >= 4 is 5.91 Å². The van der Waals surface area contributed by atoms with Crippen LogP contribution in [0.1, 0.15) is 18.4 Å². The standard InChI is InChI=1S/C14H19NO2/c1-2-3-9-14(17)15-11-13(16)10-12-7-5-4-6-8-12/h2,4-8,13,16H,1,3,9-11H2,(H,15,17)/t13-/m0/s1. The fourth-order valence-corrected chi connectivity index (χ4v) is 1.51. The van der Waals surface area contributed by atoms with Gasteiger partial charge in [0, 0.05) is 19.4 Å². The molecule has 0 heterocycles. The quantitative estimate of drug-likeness (QED) is 0.704. The molecule has 1 amide bonds. The molecule has 3 nitrogen and oxygen atoms in total. The van der Waals surface area contributed by atoms with Crippen molar-refractivity contribution in [1.82, 2.24) is 5.32 Å². The van der Waals surface area contributed by atoms with Crippen molar-refractivity contribution in [3.63, 3.8) is 0 Å². The van der Waals surface area contributed by atoms with Crippen molar-refractivity contribution in [3.05, 3.63) is 48.6 Å². The third-order valence-corrected chi connectivity index (χ3v) is 2.42. The number of nitrogens with one attached hydrogen (secondary N) is 1. The highest BCUT2D eigenvalue weighted by Gasteiger charge is 2.07. The highest BCUT2D eigenvalue weighted by Crippen LogP contribution is 2.02. The number of aliphatic hydroxyl groups is 1. The molecule has 1 atom stereocenters. The van der Waals surface area contributed by atoms with Crippen LogP contribution in [0.2, 0.25) is 0 Å². The van der Waals surface area contributed by atoms with Gasteiger partial charge in [0.25, 0.3) is 0 Å². The molecule has 0 saturated carbocycles. The minimum absolute atomic E-state index is 0.0444. The van der Waals surface area contributed by atoms with Crippen LogP contribution in [0.5, 0.6) is 0 Å². The van der Waals surface area contributed by atoms with Gasteiger partial charge < -0.3 is 10.4 Å². The molecule has 0 saturated heterocycles. The second-order valence-corrected chi connectivity index (χ2v) is 3.97. The fourth-order valence-electron chi connectivity index (χ4n) is 1.51. The molecule has 0 bridgehead atoms. The van der Waals surface area contributed by atoms with Gasteiger partial charge in [-0.15, -0.1) is 6.58 Å². The number of carbonyl (C=O) groups is 1. The lowest BCUT2D eigenvalue weighted by atomic mass is 10.1. The van der Waals surface area contributed by atoms with Crippen molar-refractivity contribution in [1.29, 1.82) is 0 Å². The lowest BCUT2D eigenvalue weighted by Crippen LogP contribution is -2.32. The predicted molar refractivity (Wildman–Crippen MR) is 68.6 cm³/mol. The molecule has 92 valence electrons. The van der Waals surface area contributed by atoms with E-state index in [-0.39, 0.29) is 5.91 Å². The van der Waals surface area contributed by atoms with Crippen molar-refractivity contribution in [2.24, 2.45) is 0 Å². The van der Waals surface area contributed by atoms with Crippen molar-refractivity contribution in [2.45, 2.75) is 25.4 Å². The molecule has 0 unspecified atom stereocenters. The Bertz CT molecular complexity index is 348. The smallest absolute Gasteiger partial charge is 0.220 e. The molecule has 0 fully saturated rings.